The lowest BCUT2D eigenvalue weighted by Gasteiger charge is -2.15. The number of carboxylic acid groups (broad SMARTS) is 1. The summed E-state index contributed by atoms with van der Waals surface area (Å²) in [5.74, 6) is -0.870. The maximum absolute atomic E-state index is 12.0. The van der Waals surface area contributed by atoms with Crippen LogP contribution in [0, 0.1) is 5.92 Å². The summed E-state index contributed by atoms with van der Waals surface area (Å²) in [4.78, 5) is 10.7. The molecule has 2 rings (SSSR count). The van der Waals surface area contributed by atoms with E-state index in [0.29, 0.717) is 4.34 Å². The van der Waals surface area contributed by atoms with Gasteiger partial charge in [-0.15, -0.1) is 11.3 Å². The second kappa shape index (κ2) is 5.16. The number of aliphatic carboxylic acids is 1. The highest BCUT2D eigenvalue weighted by molar-refractivity contribution is 7.91. The number of hydrogen-bond acceptors (Lipinski definition) is 4. The number of carbonyl (C=O) groups is 1. The van der Waals surface area contributed by atoms with Gasteiger partial charge in [0.05, 0.1) is 10.8 Å². The smallest absolute Gasteiger partial charge is 0.304 e. The molecule has 0 aliphatic heterocycles. The normalized spacial score (nSPS) is 17.6. The van der Waals surface area contributed by atoms with Crippen molar-refractivity contribution in [3.63, 3.8) is 0 Å². The van der Waals surface area contributed by atoms with Crippen LogP contribution in [0.15, 0.2) is 16.3 Å². The molecule has 1 fully saturated rings. The van der Waals surface area contributed by atoms with Gasteiger partial charge in [-0.3, -0.25) is 4.79 Å². The van der Waals surface area contributed by atoms with E-state index in [9.17, 15) is 13.2 Å². The number of nitrogens with one attached hydrogen (secondary N) is 1. The van der Waals surface area contributed by atoms with Gasteiger partial charge in [-0.05, 0) is 30.9 Å². The molecule has 1 atom stereocenters. The second-order valence-electron chi connectivity index (χ2n) is 4.22. The van der Waals surface area contributed by atoms with Crippen LogP contribution in [-0.2, 0) is 14.8 Å². The molecule has 0 bridgehead atoms. The molecule has 100 valence electrons. The van der Waals surface area contributed by atoms with Gasteiger partial charge in [0.1, 0.15) is 4.21 Å². The molecule has 1 unspecified atom stereocenters. The summed E-state index contributed by atoms with van der Waals surface area (Å²) >= 11 is 6.65. The fourth-order valence-corrected chi connectivity index (χ4v) is 4.49. The van der Waals surface area contributed by atoms with E-state index in [0.717, 1.165) is 24.2 Å². The molecular weight excluding hydrogens is 298 g/mol. The Labute approximate surface area is 114 Å². The second-order valence-corrected chi connectivity index (χ2v) is 7.88. The van der Waals surface area contributed by atoms with Gasteiger partial charge in [-0.1, -0.05) is 11.6 Å². The predicted octanol–water partition coefficient (Wildman–Crippen LogP) is 1.93. The molecule has 1 heterocycles. The van der Waals surface area contributed by atoms with Crippen LogP contribution < -0.4 is 4.72 Å². The molecular formula is C10H12ClNO4S2. The molecule has 0 saturated heterocycles. The van der Waals surface area contributed by atoms with Gasteiger partial charge in [0.15, 0.2) is 0 Å². The molecule has 1 aromatic rings. The van der Waals surface area contributed by atoms with Crippen LogP contribution in [0.1, 0.15) is 19.3 Å². The summed E-state index contributed by atoms with van der Waals surface area (Å²) in [5.41, 5.74) is 0. The van der Waals surface area contributed by atoms with Crippen molar-refractivity contribution in [2.75, 3.05) is 0 Å². The number of sulfonamides is 1. The lowest BCUT2D eigenvalue weighted by atomic mass is 10.1. The molecule has 1 aromatic heterocycles. The molecule has 1 saturated carbocycles. The van der Waals surface area contributed by atoms with Crippen LogP contribution in [0.4, 0.5) is 0 Å². The summed E-state index contributed by atoms with van der Waals surface area (Å²) in [6, 6.07) is 2.39. The van der Waals surface area contributed by atoms with Crippen LogP contribution in [0.2, 0.25) is 4.34 Å². The van der Waals surface area contributed by atoms with Gasteiger partial charge in [0.2, 0.25) is 10.0 Å². The van der Waals surface area contributed by atoms with E-state index in [1.54, 1.807) is 0 Å². The monoisotopic (exact) mass is 309 g/mol. The van der Waals surface area contributed by atoms with E-state index in [1.807, 2.05) is 0 Å². The van der Waals surface area contributed by atoms with Crippen molar-refractivity contribution in [2.24, 2.45) is 5.92 Å². The lowest BCUT2D eigenvalue weighted by molar-refractivity contribution is -0.137. The van der Waals surface area contributed by atoms with Crippen LogP contribution in [0.25, 0.3) is 0 Å². The third-order valence-corrected chi connectivity index (χ3v) is 5.92. The SMILES string of the molecule is O=C(O)CC(NS(=O)(=O)c1ccc(Cl)s1)C1CC1. The van der Waals surface area contributed by atoms with Crippen LogP contribution in [0.3, 0.4) is 0 Å². The highest BCUT2D eigenvalue weighted by Gasteiger charge is 2.36. The Balaban J connectivity index is 2.12. The van der Waals surface area contributed by atoms with Crippen LogP contribution >= 0.6 is 22.9 Å². The Morgan fingerprint density at radius 1 is 1.56 bits per heavy atom. The summed E-state index contributed by atoms with van der Waals surface area (Å²) in [7, 11) is -3.67. The van der Waals surface area contributed by atoms with Gasteiger partial charge < -0.3 is 5.11 Å². The Morgan fingerprint density at radius 3 is 2.67 bits per heavy atom. The number of thiophene rings is 1. The molecule has 18 heavy (non-hydrogen) atoms. The van der Waals surface area contributed by atoms with E-state index in [1.165, 1.54) is 12.1 Å². The zero-order valence-corrected chi connectivity index (χ0v) is 11.7. The fourth-order valence-electron chi connectivity index (χ4n) is 1.69. The third kappa shape index (κ3) is 3.44. The molecule has 0 radical (unpaired) electrons. The maximum atomic E-state index is 12.0. The van der Waals surface area contributed by atoms with Gasteiger partial charge in [0.25, 0.3) is 0 Å². The minimum atomic E-state index is -3.67. The standard InChI is InChI=1S/C10H12ClNO4S2/c11-8-3-4-10(17-8)18(15,16)12-7(5-9(13)14)6-1-2-6/h3-4,6-7,12H,1-2,5H2,(H,13,14). The van der Waals surface area contributed by atoms with E-state index in [4.69, 9.17) is 16.7 Å². The molecule has 0 amide bonds. The first-order valence-electron chi connectivity index (χ1n) is 5.38. The highest BCUT2D eigenvalue weighted by Crippen LogP contribution is 2.35. The zero-order valence-electron chi connectivity index (χ0n) is 9.30. The molecule has 8 heteroatoms. The fraction of sp³-hybridized carbons (Fsp3) is 0.500. The first-order chi connectivity index (χ1) is 8.38. The molecule has 1 aliphatic rings. The van der Waals surface area contributed by atoms with E-state index >= 15 is 0 Å². The summed E-state index contributed by atoms with van der Waals surface area (Å²) < 4.78 is 27.0. The number of rotatable bonds is 6. The molecule has 0 aromatic carbocycles. The number of carboxylic acids is 1. The molecule has 1 aliphatic carbocycles. The van der Waals surface area contributed by atoms with Crippen molar-refractivity contribution in [1.29, 1.82) is 0 Å². The van der Waals surface area contributed by atoms with E-state index in [-0.39, 0.29) is 16.5 Å². The minimum Gasteiger partial charge on any atom is -0.481 e. The van der Waals surface area contributed by atoms with E-state index in [2.05, 4.69) is 4.72 Å². The highest BCUT2D eigenvalue weighted by atomic mass is 35.5. The summed E-state index contributed by atoms with van der Waals surface area (Å²) in [6.07, 6.45) is 1.54. The van der Waals surface area contributed by atoms with Gasteiger partial charge in [-0.25, -0.2) is 13.1 Å². The topological polar surface area (TPSA) is 83.5 Å². The molecule has 0 spiro atoms. The minimum absolute atomic E-state index is 0.114. The molecule has 5 nitrogen and oxygen atoms in total. The largest absolute Gasteiger partial charge is 0.481 e. The van der Waals surface area contributed by atoms with Crippen LogP contribution in [0.5, 0.6) is 0 Å². The first-order valence-corrected chi connectivity index (χ1v) is 8.06. The van der Waals surface area contributed by atoms with Crippen molar-refractivity contribution in [2.45, 2.75) is 29.5 Å². The van der Waals surface area contributed by atoms with Crippen LogP contribution in [-0.4, -0.2) is 25.5 Å². The zero-order chi connectivity index (χ0) is 13.3. The Kier molecular flexibility index (Phi) is 3.96. The molecule has 2 N–H and O–H groups in total. The lowest BCUT2D eigenvalue weighted by Crippen LogP contribution is -2.37. The predicted molar refractivity (Wildman–Crippen MR) is 68.4 cm³/mol. The van der Waals surface area contributed by atoms with Crippen molar-refractivity contribution < 1.29 is 18.3 Å². The Bertz CT molecular complexity index is 550. The quantitative estimate of drug-likeness (QED) is 0.841. The third-order valence-electron chi connectivity index (χ3n) is 2.71. The van der Waals surface area contributed by atoms with Crippen molar-refractivity contribution in [1.82, 2.24) is 4.72 Å². The summed E-state index contributed by atoms with van der Waals surface area (Å²) in [6.45, 7) is 0. The van der Waals surface area contributed by atoms with Crippen molar-refractivity contribution >= 4 is 38.9 Å². The van der Waals surface area contributed by atoms with E-state index < -0.39 is 22.0 Å². The maximum Gasteiger partial charge on any atom is 0.304 e. The average Bonchev–Trinajstić information content (AvgIpc) is 2.99. The number of hydrogen-bond donors (Lipinski definition) is 2. The van der Waals surface area contributed by atoms with Gasteiger partial charge in [0, 0.05) is 6.04 Å². The van der Waals surface area contributed by atoms with Gasteiger partial charge >= 0.3 is 5.97 Å². The Morgan fingerprint density at radius 2 is 2.22 bits per heavy atom. The van der Waals surface area contributed by atoms with Crippen molar-refractivity contribution in [3.05, 3.63) is 16.5 Å². The Hall–Kier alpha value is -0.630. The summed E-state index contributed by atoms with van der Waals surface area (Å²) in [5, 5.41) is 8.78. The van der Waals surface area contributed by atoms with Crippen molar-refractivity contribution in [3.8, 4) is 0 Å². The average molecular weight is 310 g/mol. The first kappa shape index (κ1) is 13.8. The van der Waals surface area contributed by atoms with Gasteiger partial charge in [-0.2, -0.15) is 0 Å². The number of halogens is 1.